The van der Waals surface area contributed by atoms with Crippen LogP contribution < -0.4 is 11.1 Å². The smallest absolute Gasteiger partial charge is 0.407 e. The van der Waals surface area contributed by atoms with E-state index in [-0.39, 0.29) is 6.09 Å². The first kappa shape index (κ1) is 13.2. The second-order valence-corrected chi connectivity index (χ2v) is 4.15. The van der Waals surface area contributed by atoms with E-state index >= 15 is 0 Å². The number of ether oxygens (including phenoxy) is 1. The third-order valence-corrected chi connectivity index (χ3v) is 2.77. The lowest BCUT2D eigenvalue weighted by molar-refractivity contribution is 0.178. The number of benzene rings is 1. The Kier molecular flexibility index (Phi) is 4.25. The van der Waals surface area contributed by atoms with Crippen molar-refractivity contribution in [3.05, 3.63) is 30.0 Å². The largest absolute Gasteiger partial charge is 0.508 e. The molecule has 6 heteroatoms. The monoisotopic (exact) mass is 263 g/mol. The number of phenolic OH excluding ortho intramolecular Hbond substituents is 1. The van der Waals surface area contributed by atoms with Gasteiger partial charge >= 0.3 is 6.09 Å². The molecule has 5 N–H and O–H groups in total. The molecule has 1 fully saturated rings. The first-order chi connectivity index (χ1) is 9.20. The number of nitrogens with one attached hydrogen (secondary N) is 2. The SMILES string of the molecule is NCCc1c[nH]c2ccc(O)cc12.O=C1NCCO1. The quantitative estimate of drug-likeness (QED) is 0.651. The van der Waals surface area contributed by atoms with Crippen molar-refractivity contribution in [1.29, 1.82) is 0 Å². The van der Waals surface area contributed by atoms with Gasteiger partial charge in [-0.25, -0.2) is 4.79 Å². The summed E-state index contributed by atoms with van der Waals surface area (Å²) in [6, 6.07) is 5.30. The maximum Gasteiger partial charge on any atom is 0.407 e. The summed E-state index contributed by atoms with van der Waals surface area (Å²) in [6.07, 6.45) is 2.48. The number of alkyl carbamates (subject to hydrolysis) is 1. The zero-order chi connectivity index (χ0) is 13.7. The Hall–Kier alpha value is -2.21. The molecule has 1 aromatic heterocycles. The molecule has 1 amide bonds. The number of carbonyl (C=O) groups is 1. The van der Waals surface area contributed by atoms with Gasteiger partial charge in [0, 0.05) is 17.1 Å². The Morgan fingerprint density at radius 1 is 1.42 bits per heavy atom. The van der Waals surface area contributed by atoms with Gasteiger partial charge in [-0.05, 0) is 36.7 Å². The average Bonchev–Trinajstić information content (AvgIpc) is 3.01. The molecule has 0 saturated carbocycles. The zero-order valence-corrected chi connectivity index (χ0v) is 10.5. The van der Waals surface area contributed by atoms with Gasteiger partial charge in [-0.2, -0.15) is 0 Å². The summed E-state index contributed by atoms with van der Waals surface area (Å²) in [5.41, 5.74) is 7.68. The highest BCUT2D eigenvalue weighted by Gasteiger charge is 2.06. The van der Waals surface area contributed by atoms with Crippen LogP contribution in [0.25, 0.3) is 10.9 Å². The van der Waals surface area contributed by atoms with E-state index in [4.69, 9.17) is 5.73 Å². The maximum absolute atomic E-state index is 9.91. The molecule has 1 aliphatic rings. The number of amides is 1. The van der Waals surface area contributed by atoms with E-state index in [1.807, 2.05) is 12.3 Å². The standard InChI is InChI=1S/C10H12N2O.C3H5NO2/c11-4-3-7-6-12-10-2-1-8(13)5-9(7)10;5-3-4-1-2-6-3/h1-2,5-6,12-13H,3-4,11H2;1-2H2,(H,4,5). The molecule has 0 aliphatic carbocycles. The Morgan fingerprint density at radius 2 is 2.26 bits per heavy atom. The lowest BCUT2D eigenvalue weighted by Crippen LogP contribution is -2.11. The highest BCUT2D eigenvalue weighted by atomic mass is 16.6. The molecular weight excluding hydrogens is 246 g/mol. The molecule has 102 valence electrons. The number of aromatic nitrogens is 1. The van der Waals surface area contributed by atoms with Gasteiger partial charge in [0.25, 0.3) is 0 Å². The summed E-state index contributed by atoms with van der Waals surface area (Å²) in [5, 5.41) is 12.8. The molecule has 0 spiro atoms. The number of rotatable bonds is 2. The van der Waals surface area contributed by atoms with E-state index in [9.17, 15) is 9.90 Å². The minimum Gasteiger partial charge on any atom is -0.508 e. The van der Waals surface area contributed by atoms with Crippen LogP contribution >= 0.6 is 0 Å². The van der Waals surface area contributed by atoms with Gasteiger partial charge in [-0.3, -0.25) is 0 Å². The fourth-order valence-electron chi connectivity index (χ4n) is 1.88. The van der Waals surface area contributed by atoms with Gasteiger partial charge in [-0.15, -0.1) is 0 Å². The first-order valence-electron chi connectivity index (χ1n) is 6.10. The number of carbonyl (C=O) groups excluding carboxylic acids is 1. The van der Waals surface area contributed by atoms with E-state index in [0.717, 1.165) is 22.9 Å². The summed E-state index contributed by atoms with van der Waals surface area (Å²) in [7, 11) is 0. The van der Waals surface area contributed by atoms with Crippen LogP contribution in [0.15, 0.2) is 24.4 Å². The molecule has 2 aromatic rings. The van der Waals surface area contributed by atoms with Crippen LogP contribution in [-0.2, 0) is 11.2 Å². The topological polar surface area (TPSA) is 100 Å². The van der Waals surface area contributed by atoms with Crippen molar-refractivity contribution in [3.63, 3.8) is 0 Å². The van der Waals surface area contributed by atoms with Crippen molar-refractivity contribution in [1.82, 2.24) is 10.3 Å². The molecule has 2 heterocycles. The molecule has 0 bridgehead atoms. The molecule has 0 unspecified atom stereocenters. The van der Waals surface area contributed by atoms with Crippen LogP contribution in [0.4, 0.5) is 4.79 Å². The fourth-order valence-corrected chi connectivity index (χ4v) is 1.88. The summed E-state index contributed by atoms with van der Waals surface area (Å²) < 4.78 is 4.40. The minimum absolute atomic E-state index is 0.296. The number of fused-ring (bicyclic) bond motifs is 1. The number of cyclic esters (lactones) is 1. The summed E-state index contributed by atoms with van der Waals surface area (Å²) in [5.74, 6) is 0.297. The number of aromatic amines is 1. The fraction of sp³-hybridized carbons (Fsp3) is 0.308. The van der Waals surface area contributed by atoms with E-state index in [2.05, 4.69) is 15.0 Å². The summed E-state index contributed by atoms with van der Waals surface area (Å²) in [6.45, 7) is 1.82. The third-order valence-electron chi connectivity index (χ3n) is 2.77. The molecule has 1 aliphatic heterocycles. The van der Waals surface area contributed by atoms with Crippen LogP contribution in [0.3, 0.4) is 0 Å². The van der Waals surface area contributed by atoms with Crippen molar-refractivity contribution in [2.24, 2.45) is 5.73 Å². The van der Waals surface area contributed by atoms with Crippen LogP contribution in [0.5, 0.6) is 5.75 Å². The van der Waals surface area contributed by atoms with Crippen LogP contribution in [0.2, 0.25) is 0 Å². The number of hydrogen-bond acceptors (Lipinski definition) is 4. The third kappa shape index (κ3) is 3.38. The van der Waals surface area contributed by atoms with Gasteiger partial charge < -0.3 is 25.9 Å². The Morgan fingerprint density at radius 3 is 2.84 bits per heavy atom. The lowest BCUT2D eigenvalue weighted by atomic mass is 10.1. The van der Waals surface area contributed by atoms with E-state index in [1.54, 1.807) is 12.1 Å². The number of nitrogens with two attached hydrogens (primary N) is 1. The molecule has 0 atom stereocenters. The van der Waals surface area contributed by atoms with E-state index in [0.29, 0.717) is 25.4 Å². The van der Waals surface area contributed by atoms with Gasteiger partial charge in [0.15, 0.2) is 0 Å². The highest BCUT2D eigenvalue weighted by molar-refractivity contribution is 5.84. The van der Waals surface area contributed by atoms with Crippen molar-refractivity contribution >= 4 is 17.0 Å². The molecule has 6 nitrogen and oxygen atoms in total. The Bertz CT molecular complexity index is 557. The summed E-state index contributed by atoms with van der Waals surface area (Å²) in [4.78, 5) is 13.0. The van der Waals surface area contributed by atoms with E-state index < -0.39 is 0 Å². The molecular formula is C13H17N3O3. The maximum atomic E-state index is 9.91. The minimum atomic E-state index is -0.296. The van der Waals surface area contributed by atoms with Crippen molar-refractivity contribution in [2.75, 3.05) is 19.7 Å². The van der Waals surface area contributed by atoms with Crippen molar-refractivity contribution < 1.29 is 14.6 Å². The van der Waals surface area contributed by atoms with Gasteiger partial charge in [-0.1, -0.05) is 0 Å². The van der Waals surface area contributed by atoms with Crippen molar-refractivity contribution in [3.8, 4) is 5.75 Å². The number of phenols is 1. The second-order valence-electron chi connectivity index (χ2n) is 4.15. The predicted octanol–water partition coefficient (Wildman–Crippen LogP) is 1.10. The Labute approximate surface area is 110 Å². The Balaban J connectivity index is 0.000000186. The molecule has 1 aromatic carbocycles. The predicted molar refractivity (Wildman–Crippen MR) is 72.1 cm³/mol. The van der Waals surface area contributed by atoms with Crippen molar-refractivity contribution in [2.45, 2.75) is 6.42 Å². The van der Waals surface area contributed by atoms with Crippen LogP contribution in [0.1, 0.15) is 5.56 Å². The van der Waals surface area contributed by atoms with Crippen LogP contribution in [-0.4, -0.2) is 35.9 Å². The number of hydrogen-bond donors (Lipinski definition) is 4. The summed E-state index contributed by atoms with van der Waals surface area (Å²) >= 11 is 0. The van der Waals surface area contributed by atoms with Gasteiger partial charge in [0.2, 0.25) is 0 Å². The van der Waals surface area contributed by atoms with E-state index in [1.165, 1.54) is 0 Å². The van der Waals surface area contributed by atoms with Gasteiger partial charge in [0.1, 0.15) is 12.4 Å². The highest BCUT2D eigenvalue weighted by Crippen LogP contribution is 2.22. The average molecular weight is 263 g/mol. The normalized spacial score (nSPS) is 13.6. The second kappa shape index (κ2) is 6.10. The number of aromatic hydroxyl groups is 1. The number of H-pyrrole nitrogens is 1. The molecule has 1 saturated heterocycles. The van der Waals surface area contributed by atoms with Gasteiger partial charge in [0.05, 0.1) is 6.54 Å². The molecule has 0 radical (unpaired) electrons. The first-order valence-corrected chi connectivity index (χ1v) is 6.10. The zero-order valence-electron chi connectivity index (χ0n) is 10.5. The lowest BCUT2D eigenvalue weighted by Gasteiger charge is -1.96. The molecule has 19 heavy (non-hydrogen) atoms. The van der Waals surface area contributed by atoms with Crippen LogP contribution in [0, 0.1) is 0 Å². The molecule has 3 rings (SSSR count).